The Balaban J connectivity index is 2.18. The number of aliphatic hydroxyl groups excluding tert-OH is 3. The highest BCUT2D eigenvalue weighted by atomic mass is 16.9. The van der Waals surface area contributed by atoms with Crippen LogP contribution in [-0.2, 0) is 9.47 Å². The Hall–Kier alpha value is -0.240. The molecule has 2 fully saturated rings. The monoisotopic (exact) mass is 178 g/mol. The van der Waals surface area contributed by atoms with E-state index in [1.807, 2.05) is 0 Å². The fourth-order valence-corrected chi connectivity index (χ4v) is 1.50. The average molecular weight is 178 g/mol. The van der Waals surface area contributed by atoms with Crippen LogP contribution in [0.2, 0.25) is 0 Å². The van der Waals surface area contributed by atoms with Crippen LogP contribution in [0.1, 0.15) is 0 Å². The second kappa shape index (κ2) is 2.16. The van der Waals surface area contributed by atoms with E-state index < -0.39 is 37.0 Å². The molecule has 2 heterocycles. The molecule has 70 valence electrons. The van der Waals surface area contributed by atoms with E-state index in [1.54, 1.807) is 0 Å². The Morgan fingerprint density at radius 3 is 2.33 bits per heavy atom. The number of hydrogen-bond acceptors (Lipinski definition) is 6. The number of epoxide rings is 1. The molecular formula is C6H10O6. The van der Waals surface area contributed by atoms with Crippen LogP contribution in [0.25, 0.3) is 0 Å². The standard InChI is InChI=1S/C6H10O6/c7-1-3-4(9)6(10)5(2-8,11-3)12-6/h3-4,7-10H,1-2H2/t3-,4-,5+,6+/m1/s1. The Bertz CT molecular complexity index is 206. The Labute approximate surface area is 68.0 Å². The predicted octanol–water partition coefficient (Wildman–Crippen LogP) is -2.85. The predicted molar refractivity (Wildman–Crippen MR) is 33.8 cm³/mol. The molecule has 2 aliphatic rings. The van der Waals surface area contributed by atoms with Gasteiger partial charge in [0.1, 0.15) is 18.8 Å². The molecule has 0 bridgehead atoms. The fourth-order valence-electron chi connectivity index (χ4n) is 1.50. The molecule has 2 saturated heterocycles. The highest BCUT2D eigenvalue weighted by molar-refractivity contribution is 5.14. The minimum absolute atomic E-state index is 0.422. The highest BCUT2D eigenvalue weighted by Gasteiger charge is 2.82. The Kier molecular flexibility index (Phi) is 1.51. The zero-order valence-corrected chi connectivity index (χ0v) is 6.17. The maximum Gasteiger partial charge on any atom is 0.256 e. The van der Waals surface area contributed by atoms with Crippen molar-refractivity contribution in [3.8, 4) is 0 Å². The third-order valence-electron chi connectivity index (χ3n) is 2.31. The number of hydrogen-bond donors (Lipinski definition) is 4. The summed E-state index contributed by atoms with van der Waals surface area (Å²) in [5.74, 6) is -3.35. The molecular weight excluding hydrogens is 168 g/mol. The molecule has 4 atom stereocenters. The van der Waals surface area contributed by atoms with Gasteiger partial charge in [0.05, 0.1) is 6.61 Å². The minimum atomic E-state index is -1.84. The topological polar surface area (TPSA) is 103 Å². The molecule has 0 aromatic carbocycles. The van der Waals surface area contributed by atoms with Crippen molar-refractivity contribution in [1.29, 1.82) is 0 Å². The van der Waals surface area contributed by atoms with Gasteiger partial charge in [0.25, 0.3) is 11.6 Å². The van der Waals surface area contributed by atoms with E-state index >= 15 is 0 Å². The van der Waals surface area contributed by atoms with Crippen LogP contribution >= 0.6 is 0 Å². The van der Waals surface area contributed by atoms with Crippen molar-refractivity contribution in [3.63, 3.8) is 0 Å². The zero-order chi connectivity index (χ0) is 8.98. The quantitative estimate of drug-likeness (QED) is 0.339. The van der Waals surface area contributed by atoms with Gasteiger partial charge in [0.2, 0.25) is 0 Å². The molecule has 0 spiro atoms. The highest BCUT2D eigenvalue weighted by Crippen LogP contribution is 2.55. The fraction of sp³-hybridized carbons (Fsp3) is 1.00. The summed E-state index contributed by atoms with van der Waals surface area (Å²) < 4.78 is 9.56. The van der Waals surface area contributed by atoms with Crippen LogP contribution < -0.4 is 0 Å². The molecule has 6 heteroatoms. The van der Waals surface area contributed by atoms with Crippen LogP contribution in [-0.4, -0.2) is 57.4 Å². The minimum Gasteiger partial charge on any atom is -0.394 e. The molecule has 2 aliphatic heterocycles. The molecule has 0 saturated carbocycles. The lowest BCUT2D eigenvalue weighted by Crippen LogP contribution is -2.37. The molecule has 0 aliphatic carbocycles. The lowest BCUT2D eigenvalue weighted by Gasteiger charge is -2.15. The Morgan fingerprint density at radius 2 is 2.00 bits per heavy atom. The smallest absolute Gasteiger partial charge is 0.256 e. The second-order valence-electron chi connectivity index (χ2n) is 2.99. The lowest BCUT2D eigenvalue weighted by molar-refractivity contribution is -0.164. The molecule has 0 amide bonds. The molecule has 12 heavy (non-hydrogen) atoms. The first kappa shape index (κ1) is 8.36. The molecule has 0 unspecified atom stereocenters. The maximum atomic E-state index is 9.42. The Morgan fingerprint density at radius 1 is 1.33 bits per heavy atom. The molecule has 0 radical (unpaired) electrons. The number of rotatable bonds is 2. The van der Waals surface area contributed by atoms with E-state index in [2.05, 4.69) is 4.74 Å². The number of ether oxygens (including phenoxy) is 2. The van der Waals surface area contributed by atoms with Crippen LogP contribution in [0.5, 0.6) is 0 Å². The van der Waals surface area contributed by atoms with Crippen molar-refractivity contribution in [2.75, 3.05) is 13.2 Å². The van der Waals surface area contributed by atoms with Gasteiger partial charge in [-0.25, -0.2) is 0 Å². The van der Waals surface area contributed by atoms with Crippen molar-refractivity contribution in [3.05, 3.63) is 0 Å². The summed E-state index contributed by atoms with van der Waals surface area (Å²) in [5.41, 5.74) is 0. The SMILES string of the molecule is OC[C@H]1O[C@@]2(CO)O[C@@]2(O)[C@@H]1O. The molecule has 0 aromatic rings. The third kappa shape index (κ3) is 0.698. The summed E-state index contributed by atoms with van der Waals surface area (Å²) in [6, 6.07) is 0. The number of aliphatic hydroxyl groups is 4. The van der Waals surface area contributed by atoms with Gasteiger partial charge >= 0.3 is 0 Å². The van der Waals surface area contributed by atoms with E-state index in [0.29, 0.717) is 0 Å². The van der Waals surface area contributed by atoms with Crippen LogP contribution in [0.3, 0.4) is 0 Å². The van der Waals surface area contributed by atoms with E-state index in [4.69, 9.17) is 14.9 Å². The van der Waals surface area contributed by atoms with Gasteiger partial charge in [-0.15, -0.1) is 0 Å². The van der Waals surface area contributed by atoms with Crippen LogP contribution in [0.15, 0.2) is 0 Å². The van der Waals surface area contributed by atoms with Gasteiger partial charge in [-0.2, -0.15) is 0 Å². The summed E-state index contributed by atoms with van der Waals surface area (Å²) in [6.07, 6.45) is -2.20. The van der Waals surface area contributed by atoms with Crippen LogP contribution in [0.4, 0.5) is 0 Å². The van der Waals surface area contributed by atoms with Crippen molar-refractivity contribution in [1.82, 2.24) is 0 Å². The van der Waals surface area contributed by atoms with Crippen molar-refractivity contribution in [2.24, 2.45) is 0 Å². The summed E-state index contributed by atoms with van der Waals surface area (Å²) in [4.78, 5) is 0. The maximum absolute atomic E-state index is 9.42. The van der Waals surface area contributed by atoms with E-state index in [-0.39, 0.29) is 0 Å². The van der Waals surface area contributed by atoms with Gasteiger partial charge in [-0.3, -0.25) is 0 Å². The first-order chi connectivity index (χ1) is 5.59. The molecule has 6 nitrogen and oxygen atoms in total. The van der Waals surface area contributed by atoms with Crippen LogP contribution in [0, 0.1) is 0 Å². The first-order valence-electron chi connectivity index (χ1n) is 3.60. The lowest BCUT2D eigenvalue weighted by atomic mass is 10.1. The van der Waals surface area contributed by atoms with Crippen molar-refractivity contribution >= 4 is 0 Å². The van der Waals surface area contributed by atoms with Gasteiger partial charge in [0.15, 0.2) is 0 Å². The molecule has 4 N–H and O–H groups in total. The van der Waals surface area contributed by atoms with Gasteiger partial charge in [-0.1, -0.05) is 0 Å². The summed E-state index contributed by atoms with van der Waals surface area (Å²) in [6.45, 7) is -0.967. The third-order valence-corrected chi connectivity index (χ3v) is 2.31. The van der Waals surface area contributed by atoms with E-state index in [9.17, 15) is 10.2 Å². The molecule has 0 aromatic heterocycles. The number of fused-ring (bicyclic) bond motifs is 1. The summed E-state index contributed by atoms with van der Waals surface area (Å²) in [5, 5.41) is 36.1. The van der Waals surface area contributed by atoms with Gasteiger partial charge < -0.3 is 29.9 Å². The van der Waals surface area contributed by atoms with Gasteiger partial charge in [-0.05, 0) is 0 Å². The second-order valence-corrected chi connectivity index (χ2v) is 2.99. The first-order valence-corrected chi connectivity index (χ1v) is 3.60. The normalized spacial score (nSPS) is 57.0. The van der Waals surface area contributed by atoms with Crippen molar-refractivity contribution < 1.29 is 29.9 Å². The average Bonchev–Trinajstić information content (AvgIpc) is 2.62. The largest absolute Gasteiger partial charge is 0.394 e. The van der Waals surface area contributed by atoms with E-state index in [0.717, 1.165) is 0 Å². The summed E-state index contributed by atoms with van der Waals surface area (Å²) >= 11 is 0. The van der Waals surface area contributed by atoms with Crippen molar-refractivity contribution in [2.45, 2.75) is 23.8 Å². The van der Waals surface area contributed by atoms with E-state index in [1.165, 1.54) is 0 Å². The molecule has 2 rings (SSSR count). The zero-order valence-electron chi connectivity index (χ0n) is 6.17. The summed E-state index contributed by atoms with van der Waals surface area (Å²) in [7, 11) is 0. The van der Waals surface area contributed by atoms with Gasteiger partial charge in [0, 0.05) is 0 Å².